The zero-order chi connectivity index (χ0) is 50.3. The molecule has 0 radical (unpaired) electrons. The van der Waals surface area contributed by atoms with E-state index in [0.717, 1.165) is 129 Å². The molecular formula is C57H101NO11. The summed E-state index contributed by atoms with van der Waals surface area (Å²) in [5.41, 5.74) is 0. The molecule has 400 valence electrons. The number of hydrogen-bond donors (Lipinski definition) is 1. The fourth-order valence-electron chi connectivity index (χ4n) is 8.66. The molecule has 1 aliphatic carbocycles. The fourth-order valence-corrected chi connectivity index (χ4v) is 8.66. The molecule has 1 rings (SSSR count). The summed E-state index contributed by atoms with van der Waals surface area (Å²) in [7, 11) is 0. The highest BCUT2D eigenvalue weighted by Crippen LogP contribution is 2.23. The van der Waals surface area contributed by atoms with Gasteiger partial charge in [0.15, 0.2) is 6.10 Å². The summed E-state index contributed by atoms with van der Waals surface area (Å²) in [4.78, 5) is 66.2. The summed E-state index contributed by atoms with van der Waals surface area (Å²) in [6, 6.07) is 0.474. The van der Waals surface area contributed by atoms with Gasteiger partial charge in [-0.1, -0.05) is 148 Å². The molecule has 1 aliphatic rings. The van der Waals surface area contributed by atoms with Crippen LogP contribution in [0, 0.1) is 5.92 Å². The largest absolute Gasteiger partial charge is 0.465 e. The number of esters is 5. The number of aliphatic hydroxyl groups is 1. The standard InChI is InChI=1S/C57H101NO11/c1-4-7-10-13-14-15-16-17-18-19-20-21-22-25-31-40-55(62)67-48-52(69-57(64)41-32-33-43-58(44-45-59)51-36-27-26-28-37-51)49-68-56(63)42-34-35-50(46-65-53(60)38-29-23-11-8-5-2)47-66-54(61)39-30-24-12-9-6-3/h14-15,17-18,50-52,59H,4-13,16,19-49H2,1-3H3/b15-14-,18-17-. The highest BCUT2D eigenvalue weighted by atomic mass is 16.6. The lowest BCUT2D eigenvalue weighted by Gasteiger charge is -2.34. The van der Waals surface area contributed by atoms with Crippen LogP contribution in [-0.2, 0) is 47.7 Å². The average Bonchev–Trinajstić information content (AvgIpc) is 3.35. The van der Waals surface area contributed by atoms with E-state index in [1.54, 1.807) is 0 Å². The van der Waals surface area contributed by atoms with Gasteiger partial charge in [0.2, 0.25) is 0 Å². The Morgan fingerprint density at radius 2 is 0.899 bits per heavy atom. The lowest BCUT2D eigenvalue weighted by Crippen LogP contribution is -2.39. The molecule has 0 saturated heterocycles. The van der Waals surface area contributed by atoms with Gasteiger partial charge in [0.1, 0.15) is 13.2 Å². The first kappa shape index (κ1) is 63.8. The van der Waals surface area contributed by atoms with Gasteiger partial charge < -0.3 is 28.8 Å². The van der Waals surface area contributed by atoms with Gasteiger partial charge >= 0.3 is 29.8 Å². The summed E-state index contributed by atoms with van der Waals surface area (Å²) in [6.07, 6.45) is 39.7. The van der Waals surface area contributed by atoms with Gasteiger partial charge in [-0.25, -0.2) is 0 Å². The number of aliphatic hydroxyl groups excluding tert-OH is 1. The van der Waals surface area contributed by atoms with Gasteiger partial charge in [0, 0.05) is 50.6 Å². The van der Waals surface area contributed by atoms with Crippen LogP contribution in [0.25, 0.3) is 0 Å². The Hall–Kier alpha value is -3.25. The predicted octanol–water partition coefficient (Wildman–Crippen LogP) is 13.2. The first-order chi connectivity index (χ1) is 33.7. The molecule has 12 nitrogen and oxygen atoms in total. The molecule has 1 atom stereocenters. The third-order valence-electron chi connectivity index (χ3n) is 13.0. The average molecular weight is 976 g/mol. The molecule has 0 spiro atoms. The van der Waals surface area contributed by atoms with Crippen LogP contribution in [0.2, 0.25) is 0 Å². The minimum absolute atomic E-state index is 0.0614. The Morgan fingerprint density at radius 3 is 1.42 bits per heavy atom. The number of unbranched alkanes of at least 4 members (excludes halogenated alkanes) is 17. The molecular weight excluding hydrogens is 875 g/mol. The monoisotopic (exact) mass is 976 g/mol. The van der Waals surface area contributed by atoms with Crippen molar-refractivity contribution in [1.82, 2.24) is 4.90 Å². The maximum absolute atomic E-state index is 13.1. The quantitative estimate of drug-likeness (QED) is 0.0267. The van der Waals surface area contributed by atoms with Gasteiger partial charge in [-0.2, -0.15) is 0 Å². The number of carbonyl (C=O) groups is 5. The SMILES string of the molecule is CCCCC/C=C\C/C=C\CCCCCCCC(=O)OCC(COC(=O)CCCC(COC(=O)CCCCCCC)COC(=O)CCCCCCC)OC(=O)CCCCN(CCO)C1CCCCC1. The Balaban J connectivity index is 2.67. The van der Waals surface area contributed by atoms with E-state index in [0.29, 0.717) is 51.1 Å². The van der Waals surface area contributed by atoms with Crippen LogP contribution in [0.15, 0.2) is 24.3 Å². The minimum atomic E-state index is -0.946. The predicted molar refractivity (Wildman–Crippen MR) is 277 cm³/mol. The molecule has 1 N–H and O–H groups in total. The molecule has 0 heterocycles. The van der Waals surface area contributed by atoms with Crippen LogP contribution >= 0.6 is 0 Å². The Bertz CT molecular complexity index is 1300. The van der Waals surface area contributed by atoms with Gasteiger partial charge in [-0.3, -0.25) is 28.9 Å². The lowest BCUT2D eigenvalue weighted by atomic mass is 9.94. The molecule has 1 unspecified atom stereocenters. The van der Waals surface area contributed by atoms with E-state index in [1.807, 2.05) is 0 Å². The van der Waals surface area contributed by atoms with Crippen LogP contribution in [-0.4, -0.2) is 98.1 Å². The Labute approximate surface area is 420 Å². The summed E-state index contributed by atoms with van der Waals surface area (Å²) in [5.74, 6) is -2.12. The minimum Gasteiger partial charge on any atom is -0.465 e. The third kappa shape index (κ3) is 40.1. The third-order valence-corrected chi connectivity index (χ3v) is 13.0. The second-order valence-electron chi connectivity index (χ2n) is 19.4. The zero-order valence-electron chi connectivity index (χ0n) is 44.2. The molecule has 69 heavy (non-hydrogen) atoms. The van der Waals surface area contributed by atoms with E-state index in [-0.39, 0.29) is 76.1 Å². The van der Waals surface area contributed by atoms with E-state index in [4.69, 9.17) is 23.7 Å². The molecule has 1 fully saturated rings. The molecule has 0 amide bonds. The van der Waals surface area contributed by atoms with E-state index in [9.17, 15) is 29.1 Å². The zero-order valence-corrected chi connectivity index (χ0v) is 44.2. The van der Waals surface area contributed by atoms with Crippen molar-refractivity contribution < 1.29 is 52.8 Å². The Kier molecular flexibility index (Phi) is 43.5. The number of nitrogens with zero attached hydrogens (tertiary/aromatic N) is 1. The Morgan fingerprint density at radius 1 is 0.478 bits per heavy atom. The van der Waals surface area contributed by atoms with Gasteiger partial charge in [-0.05, 0) is 96.4 Å². The van der Waals surface area contributed by atoms with Crippen molar-refractivity contribution >= 4 is 29.8 Å². The maximum atomic E-state index is 13.1. The second-order valence-corrected chi connectivity index (χ2v) is 19.4. The van der Waals surface area contributed by atoms with Crippen molar-refractivity contribution in [3.63, 3.8) is 0 Å². The van der Waals surface area contributed by atoms with E-state index < -0.39 is 18.0 Å². The van der Waals surface area contributed by atoms with E-state index in [1.165, 1.54) is 44.9 Å². The highest BCUT2D eigenvalue weighted by Gasteiger charge is 2.23. The van der Waals surface area contributed by atoms with Crippen molar-refractivity contribution in [3.8, 4) is 0 Å². The van der Waals surface area contributed by atoms with Crippen molar-refractivity contribution in [2.75, 3.05) is 46.1 Å². The van der Waals surface area contributed by atoms with Crippen molar-refractivity contribution in [2.24, 2.45) is 5.92 Å². The van der Waals surface area contributed by atoms with Crippen LogP contribution in [0.5, 0.6) is 0 Å². The fraction of sp³-hybridized carbons (Fsp3) is 0.842. The number of allylic oxidation sites excluding steroid dienone is 4. The topological polar surface area (TPSA) is 155 Å². The second kappa shape index (κ2) is 47.1. The van der Waals surface area contributed by atoms with Gasteiger partial charge in [0.05, 0.1) is 19.8 Å². The molecule has 0 bridgehead atoms. The molecule has 12 heteroatoms. The van der Waals surface area contributed by atoms with Crippen molar-refractivity contribution in [3.05, 3.63) is 24.3 Å². The normalized spacial score (nSPS) is 13.7. The summed E-state index contributed by atoms with van der Waals surface area (Å²) in [5, 5.41) is 9.65. The van der Waals surface area contributed by atoms with E-state index in [2.05, 4.69) is 50.0 Å². The first-order valence-corrected chi connectivity index (χ1v) is 28.2. The summed E-state index contributed by atoms with van der Waals surface area (Å²) >= 11 is 0. The number of carbonyl (C=O) groups excluding carboxylic acids is 5. The number of rotatable bonds is 47. The van der Waals surface area contributed by atoms with Crippen LogP contribution in [0.1, 0.15) is 245 Å². The lowest BCUT2D eigenvalue weighted by molar-refractivity contribution is -0.167. The van der Waals surface area contributed by atoms with Crippen molar-refractivity contribution in [1.29, 1.82) is 0 Å². The van der Waals surface area contributed by atoms with Crippen molar-refractivity contribution in [2.45, 2.75) is 258 Å². The van der Waals surface area contributed by atoms with Gasteiger partial charge in [0.25, 0.3) is 0 Å². The van der Waals surface area contributed by atoms with Crippen LogP contribution < -0.4 is 0 Å². The van der Waals surface area contributed by atoms with Crippen LogP contribution in [0.4, 0.5) is 0 Å². The maximum Gasteiger partial charge on any atom is 0.306 e. The number of hydrogen-bond acceptors (Lipinski definition) is 12. The molecule has 0 aromatic heterocycles. The number of ether oxygens (including phenoxy) is 5. The molecule has 0 aromatic carbocycles. The van der Waals surface area contributed by atoms with Gasteiger partial charge in [-0.15, -0.1) is 0 Å². The smallest absolute Gasteiger partial charge is 0.306 e. The summed E-state index contributed by atoms with van der Waals surface area (Å²) in [6.45, 7) is 7.81. The molecule has 1 saturated carbocycles. The van der Waals surface area contributed by atoms with E-state index >= 15 is 0 Å². The highest BCUT2D eigenvalue weighted by molar-refractivity contribution is 5.71. The first-order valence-electron chi connectivity index (χ1n) is 28.2. The van der Waals surface area contributed by atoms with Crippen LogP contribution in [0.3, 0.4) is 0 Å². The molecule has 0 aromatic rings. The molecule has 0 aliphatic heterocycles. The summed E-state index contributed by atoms with van der Waals surface area (Å²) < 4.78 is 28.1.